The largest absolute Gasteiger partial charge is 0.462 e. The summed E-state index contributed by atoms with van der Waals surface area (Å²) in [7, 11) is -0.281. The predicted molar refractivity (Wildman–Crippen MR) is 56.2 cm³/mol. The summed E-state index contributed by atoms with van der Waals surface area (Å²) in [4.78, 5) is 10.6. The van der Waals surface area contributed by atoms with Crippen molar-refractivity contribution in [2.24, 2.45) is 0 Å². The molecule has 4 nitrogen and oxygen atoms in total. The van der Waals surface area contributed by atoms with Crippen LogP contribution in [0.1, 0.15) is 6.42 Å². The third-order valence-electron chi connectivity index (χ3n) is 1.64. The Balaban J connectivity index is 3.38. The predicted octanol–water partition coefficient (Wildman–Crippen LogP) is 1.47. The van der Waals surface area contributed by atoms with Crippen molar-refractivity contribution in [1.29, 1.82) is 0 Å². The Morgan fingerprint density at radius 3 is 2.57 bits per heavy atom. The van der Waals surface area contributed by atoms with E-state index in [2.05, 4.69) is 6.58 Å². The van der Waals surface area contributed by atoms with Gasteiger partial charge < -0.3 is 13.6 Å². The highest BCUT2D eigenvalue weighted by Gasteiger charge is 2.21. The van der Waals surface area contributed by atoms with Gasteiger partial charge in [-0.25, -0.2) is 4.79 Å². The summed E-state index contributed by atoms with van der Waals surface area (Å²) in [6, 6.07) is 0. The quantitative estimate of drug-likeness (QED) is 0.281. The molecule has 0 saturated heterocycles. The zero-order chi connectivity index (χ0) is 11.0. The average molecular weight is 218 g/mol. The number of rotatable bonds is 7. The lowest BCUT2D eigenvalue weighted by atomic mass is 10.5. The highest BCUT2D eigenvalue weighted by Crippen LogP contribution is 2.04. The SMILES string of the molecule is C=CC(=O)OCCCO[Si](C)(C)OC. The van der Waals surface area contributed by atoms with E-state index in [0.29, 0.717) is 19.6 Å². The van der Waals surface area contributed by atoms with E-state index in [-0.39, 0.29) is 0 Å². The smallest absolute Gasteiger partial charge is 0.331 e. The standard InChI is InChI=1S/C9H18O4Si/c1-5-9(10)12-7-6-8-13-14(3,4)11-2/h5H,1,6-8H2,2-4H3. The normalized spacial score (nSPS) is 11.1. The lowest BCUT2D eigenvalue weighted by molar-refractivity contribution is -0.137. The number of esters is 1. The van der Waals surface area contributed by atoms with Crippen LogP contribution in [0.15, 0.2) is 12.7 Å². The lowest BCUT2D eigenvalue weighted by Crippen LogP contribution is -2.33. The summed E-state index contributed by atoms with van der Waals surface area (Å²) in [5.41, 5.74) is 0. The van der Waals surface area contributed by atoms with Gasteiger partial charge in [-0.05, 0) is 13.1 Å². The van der Waals surface area contributed by atoms with Crippen molar-refractivity contribution < 1.29 is 18.4 Å². The Bertz CT molecular complexity index is 191. The molecule has 0 amide bonds. The molecular formula is C9H18O4Si. The fourth-order valence-electron chi connectivity index (χ4n) is 0.667. The van der Waals surface area contributed by atoms with E-state index < -0.39 is 14.5 Å². The van der Waals surface area contributed by atoms with Gasteiger partial charge in [-0.2, -0.15) is 0 Å². The molecule has 0 N–H and O–H groups in total. The van der Waals surface area contributed by atoms with E-state index in [1.165, 1.54) is 0 Å². The molecule has 0 aromatic heterocycles. The topological polar surface area (TPSA) is 44.8 Å². The van der Waals surface area contributed by atoms with Gasteiger partial charge in [-0.3, -0.25) is 0 Å². The minimum atomic E-state index is -1.92. The molecule has 0 aromatic carbocycles. The zero-order valence-electron chi connectivity index (χ0n) is 9.04. The second-order valence-corrected chi connectivity index (χ2v) is 6.67. The first-order chi connectivity index (χ1) is 6.52. The Kier molecular flexibility index (Phi) is 6.43. The molecule has 0 radical (unpaired) electrons. The van der Waals surface area contributed by atoms with Crippen molar-refractivity contribution >= 4 is 14.5 Å². The van der Waals surface area contributed by atoms with Crippen LogP contribution in [-0.2, 0) is 18.4 Å². The summed E-state index contributed by atoms with van der Waals surface area (Å²) >= 11 is 0. The van der Waals surface area contributed by atoms with Crippen LogP contribution in [0.4, 0.5) is 0 Å². The van der Waals surface area contributed by atoms with Crippen LogP contribution < -0.4 is 0 Å². The molecule has 82 valence electrons. The van der Waals surface area contributed by atoms with Crippen LogP contribution in [0.2, 0.25) is 13.1 Å². The minimum Gasteiger partial charge on any atom is -0.462 e. The summed E-state index contributed by atoms with van der Waals surface area (Å²) in [5.74, 6) is -0.395. The van der Waals surface area contributed by atoms with Gasteiger partial charge in [0.1, 0.15) is 0 Å². The van der Waals surface area contributed by atoms with Crippen molar-refractivity contribution in [3.8, 4) is 0 Å². The minimum absolute atomic E-state index is 0.360. The molecule has 0 saturated carbocycles. The fraction of sp³-hybridized carbons (Fsp3) is 0.667. The molecule has 0 heterocycles. The Morgan fingerprint density at radius 1 is 1.43 bits per heavy atom. The molecule has 0 bridgehead atoms. The first-order valence-corrected chi connectivity index (χ1v) is 7.32. The third kappa shape index (κ3) is 6.82. The summed E-state index contributed by atoms with van der Waals surface area (Å²) in [5, 5.41) is 0. The molecular weight excluding hydrogens is 200 g/mol. The van der Waals surface area contributed by atoms with Gasteiger partial charge in [0, 0.05) is 26.2 Å². The molecule has 0 spiro atoms. The number of hydrogen-bond donors (Lipinski definition) is 0. The highest BCUT2D eigenvalue weighted by atomic mass is 28.4. The molecule has 0 aliphatic carbocycles. The van der Waals surface area contributed by atoms with E-state index in [4.69, 9.17) is 13.6 Å². The number of carbonyl (C=O) groups excluding carboxylic acids is 1. The maximum atomic E-state index is 10.6. The van der Waals surface area contributed by atoms with E-state index in [9.17, 15) is 4.79 Å². The number of carbonyl (C=O) groups is 1. The van der Waals surface area contributed by atoms with Crippen LogP contribution in [-0.4, -0.2) is 34.9 Å². The van der Waals surface area contributed by atoms with Crippen LogP contribution in [0.3, 0.4) is 0 Å². The summed E-state index contributed by atoms with van der Waals surface area (Å²) in [6.45, 7) is 8.13. The van der Waals surface area contributed by atoms with Crippen LogP contribution >= 0.6 is 0 Å². The van der Waals surface area contributed by atoms with Crippen LogP contribution in [0.25, 0.3) is 0 Å². The van der Waals surface area contributed by atoms with E-state index in [1.807, 2.05) is 13.1 Å². The zero-order valence-corrected chi connectivity index (χ0v) is 10.0. The van der Waals surface area contributed by atoms with Crippen LogP contribution in [0, 0.1) is 0 Å². The van der Waals surface area contributed by atoms with Crippen molar-refractivity contribution in [2.75, 3.05) is 20.3 Å². The number of ether oxygens (including phenoxy) is 1. The molecule has 0 rings (SSSR count). The van der Waals surface area contributed by atoms with Gasteiger partial charge >= 0.3 is 14.5 Å². The van der Waals surface area contributed by atoms with Crippen molar-refractivity contribution in [3.63, 3.8) is 0 Å². The van der Waals surface area contributed by atoms with E-state index in [0.717, 1.165) is 6.08 Å². The van der Waals surface area contributed by atoms with Gasteiger partial charge in [-0.1, -0.05) is 6.58 Å². The maximum absolute atomic E-state index is 10.6. The Hall–Kier alpha value is -0.653. The fourth-order valence-corrected chi connectivity index (χ4v) is 1.42. The highest BCUT2D eigenvalue weighted by molar-refractivity contribution is 6.64. The monoisotopic (exact) mass is 218 g/mol. The van der Waals surface area contributed by atoms with E-state index >= 15 is 0 Å². The van der Waals surface area contributed by atoms with Crippen molar-refractivity contribution in [3.05, 3.63) is 12.7 Å². The molecule has 0 aliphatic heterocycles. The molecule has 0 aliphatic rings. The molecule has 0 atom stereocenters. The van der Waals surface area contributed by atoms with Gasteiger partial charge in [-0.15, -0.1) is 0 Å². The molecule has 0 unspecified atom stereocenters. The lowest BCUT2D eigenvalue weighted by Gasteiger charge is -2.19. The molecule has 5 heteroatoms. The first kappa shape index (κ1) is 13.3. The second kappa shape index (κ2) is 6.75. The van der Waals surface area contributed by atoms with Gasteiger partial charge in [0.25, 0.3) is 0 Å². The summed E-state index contributed by atoms with van der Waals surface area (Å²) < 4.78 is 15.5. The summed E-state index contributed by atoms with van der Waals surface area (Å²) in [6.07, 6.45) is 1.83. The van der Waals surface area contributed by atoms with Crippen LogP contribution in [0.5, 0.6) is 0 Å². The maximum Gasteiger partial charge on any atom is 0.331 e. The Morgan fingerprint density at radius 2 is 2.07 bits per heavy atom. The molecule has 0 fully saturated rings. The van der Waals surface area contributed by atoms with Gasteiger partial charge in [0.2, 0.25) is 0 Å². The molecule has 0 aromatic rings. The first-order valence-electron chi connectivity index (χ1n) is 4.50. The van der Waals surface area contributed by atoms with E-state index in [1.54, 1.807) is 7.11 Å². The Labute approximate surface area is 86.1 Å². The third-order valence-corrected chi connectivity index (χ3v) is 3.52. The van der Waals surface area contributed by atoms with Gasteiger partial charge in [0.05, 0.1) is 6.61 Å². The molecule has 14 heavy (non-hydrogen) atoms. The second-order valence-electron chi connectivity index (χ2n) is 3.18. The average Bonchev–Trinajstić information content (AvgIpc) is 2.17. The van der Waals surface area contributed by atoms with Gasteiger partial charge in [0.15, 0.2) is 0 Å². The number of hydrogen-bond acceptors (Lipinski definition) is 4. The van der Waals surface area contributed by atoms with Crippen molar-refractivity contribution in [1.82, 2.24) is 0 Å². The van der Waals surface area contributed by atoms with Crippen molar-refractivity contribution in [2.45, 2.75) is 19.5 Å².